The van der Waals surface area contributed by atoms with Gasteiger partial charge in [-0.05, 0) is 6.07 Å². The summed E-state index contributed by atoms with van der Waals surface area (Å²) >= 11 is 6.04. The molecule has 0 aliphatic heterocycles. The molecule has 0 saturated carbocycles. The standard InChI is InChI=1S/C16H10ClN5O/c17-14-9-5-1-2-6-10(9)15(22-20-14)21-19-13-11-7-3-4-8-12(11)18-16(13)23/h1-8,18,23H. The van der Waals surface area contributed by atoms with Gasteiger partial charge in [0.1, 0.15) is 0 Å². The number of aromatic hydroxyl groups is 1. The molecule has 0 amide bonds. The molecule has 2 N–H and O–H groups in total. The number of benzene rings is 2. The second-order valence-corrected chi connectivity index (χ2v) is 5.29. The van der Waals surface area contributed by atoms with Crippen molar-refractivity contribution < 1.29 is 5.11 Å². The number of nitrogens with one attached hydrogen (secondary N) is 1. The molecule has 0 fully saturated rings. The number of rotatable bonds is 2. The molecule has 4 rings (SSSR count). The van der Waals surface area contributed by atoms with Crippen molar-refractivity contribution >= 4 is 44.8 Å². The summed E-state index contributed by atoms with van der Waals surface area (Å²) in [6.07, 6.45) is 0. The monoisotopic (exact) mass is 323 g/mol. The van der Waals surface area contributed by atoms with Crippen molar-refractivity contribution in [2.24, 2.45) is 10.2 Å². The van der Waals surface area contributed by atoms with E-state index in [1.54, 1.807) is 0 Å². The fourth-order valence-corrected chi connectivity index (χ4v) is 2.64. The number of para-hydroxylation sites is 1. The summed E-state index contributed by atoms with van der Waals surface area (Å²) in [5.74, 6) is 0.302. The van der Waals surface area contributed by atoms with Crippen molar-refractivity contribution in [3.8, 4) is 5.88 Å². The van der Waals surface area contributed by atoms with Gasteiger partial charge >= 0.3 is 0 Å². The number of H-pyrrole nitrogens is 1. The molecule has 2 aromatic heterocycles. The average Bonchev–Trinajstić information content (AvgIpc) is 2.90. The van der Waals surface area contributed by atoms with Crippen LogP contribution in [-0.2, 0) is 0 Å². The first-order chi connectivity index (χ1) is 11.2. The summed E-state index contributed by atoms with van der Waals surface area (Å²) in [4.78, 5) is 2.85. The zero-order valence-electron chi connectivity index (χ0n) is 11.7. The number of azo groups is 1. The maximum absolute atomic E-state index is 10.0. The summed E-state index contributed by atoms with van der Waals surface area (Å²) in [5, 5.41) is 28.7. The Morgan fingerprint density at radius 1 is 0.870 bits per heavy atom. The first-order valence-corrected chi connectivity index (χ1v) is 7.24. The summed E-state index contributed by atoms with van der Waals surface area (Å²) in [6.45, 7) is 0. The molecule has 0 unspecified atom stereocenters. The maximum atomic E-state index is 10.0. The lowest BCUT2D eigenvalue weighted by molar-refractivity contribution is 0.459. The molecule has 0 saturated heterocycles. The zero-order chi connectivity index (χ0) is 15.8. The van der Waals surface area contributed by atoms with Gasteiger partial charge in [0, 0.05) is 16.2 Å². The quantitative estimate of drug-likeness (QED) is 0.515. The minimum absolute atomic E-state index is 0.0406. The molecular weight excluding hydrogens is 314 g/mol. The first kappa shape index (κ1) is 13.7. The average molecular weight is 324 g/mol. The molecule has 0 aliphatic carbocycles. The Balaban J connectivity index is 1.86. The van der Waals surface area contributed by atoms with E-state index in [4.69, 9.17) is 11.6 Å². The lowest BCUT2D eigenvalue weighted by Crippen LogP contribution is -1.85. The number of fused-ring (bicyclic) bond motifs is 2. The van der Waals surface area contributed by atoms with Gasteiger partial charge in [0.15, 0.2) is 10.8 Å². The minimum Gasteiger partial charge on any atom is -0.493 e. The molecule has 0 aliphatic rings. The fourth-order valence-electron chi connectivity index (χ4n) is 2.44. The Labute approximate surface area is 135 Å². The topological polar surface area (TPSA) is 86.5 Å². The van der Waals surface area contributed by atoms with E-state index in [9.17, 15) is 5.11 Å². The van der Waals surface area contributed by atoms with Crippen molar-refractivity contribution in [2.45, 2.75) is 0 Å². The van der Waals surface area contributed by atoms with E-state index in [0.29, 0.717) is 16.7 Å². The summed E-state index contributed by atoms with van der Waals surface area (Å²) in [5.41, 5.74) is 1.15. The van der Waals surface area contributed by atoms with Gasteiger partial charge in [0.2, 0.25) is 11.7 Å². The Bertz CT molecular complexity index is 1060. The van der Waals surface area contributed by atoms with E-state index in [1.165, 1.54) is 0 Å². The van der Waals surface area contributed by atoms with Crippen LogP contribution < -0.4 is 0 Å². The van der Waals surface area contributed by atoms with Gasteiger partial charge in [-0.3, -0.25) is 0 Å². The van der Waals surface area contributed by atoms with Crippen LogP contribution in [0.5, 0.6) is 5.88 Å². The van der Waals surface area contributed by atoms with E-state index >= 15 is 0 Å². The molecule has 0 radical (unpaired) electrons. The number of aromatic nitrogens is 3. The molecule has 2 aromatic carbocycles. The Morgan fingerprint density at radius 2 is 1.57 bits per heavy atom. The van der Waals surface area contributed by atoms with Crippen LogP contribution in [0.2, 0.25) is 5.15 Å². The molecule has 0 spiro atoms. The maximum Gasteiger partial charge on any atom is 0.218 e. The van der Waals surface area contributed by atoms with Crippen LogP contribution in [0.3, 0.4) is 0 Å². The molecule has 4 aromatic rings. The first-order valence-electron chi connectivity index (χ1n) is 6.86. The molecule has 6 nitrogen and oxygen atoms in total. The van der Waals surface area contributed by atoms with Crippen molar-refractivity contribution in [3.05, 3.63) is 53.7 Å². The van der Waals surface area contributed by atoms with Crippen LogP contribution in [0.1, 0.15) is 0 Å². The van der Waals surface area contributed by atoms with Crippen molar-refractivity contribution in [3.63, 3.8) is 0 Å². The van der Waals surface area contributed by atoms with Crippen LogP contribution >= 0.6 is 11.6 Å². The van der Waals surface area contributed by atoms with Crippen LogP contribution in [0.25, 0.3) is 21.7 Å². The number of nitrogens with zero attached hydrogens (tertiary/aromatic N) is 4. The van der Waals surface area contributed by atoms with E-state index < -0.39 is 0 Å². The molecule has 23 heavy (non-hydrogen) atoms. The largest absolute Gasteiger partial charge is 0.493 e. The number of aromatic amines is 1. The van der Waals surface area contributed by atoms with Crippen molar-refractivity contribution in [1.82, 2.24) is 15.2 Å². The lowest BCUT2D eigenvalue weighted by atomic mass is 10.2. The van der Waals surface area contributed by atoms with E-state index in [1.807, 2.05) is 48.5 Å². The van der Waals surface area contributed by atoms with Gasteiger partial charge in [-0.25, -0.2) is 0 Å². The molecular formula is C16H10ClN5O. The Hall–Kier alpha value is -2.99. The smallest absolute Gasteiger partial charge is 0.218 e. The predicted molar refractivity (Wildman–Crippen MR) is 88.7 cm³/mol. The summed E-state index contributed by atoms with van der Waals surface area (Å²) < 4.78 is 0. The van der Waals surface area contributed by atoms with Gasteiger partial charge in [-0.1, -0.05) is 54.1 Å². The van der Waals surface area contributed by atoms with Crippen LogP contribution in [-0.4, -0.2) is 20.3 Å². The molecule has 0 atom stereocenters. The highest BCUT2D eigenvalue weighted by Crippen LogP contribution is 2.36. The van der Waals surface area contributed by atoms with Crippen LogP contribution in [0.15, 0.2) is 58.8 Å². The van der Waals surface area contributed by atoms with Crippen molar-refractivity contribution in [1.29, 1.82) is 0 Å². The lowest BCUT2D eigenvalue weighted by Gasteiger charge is -2.00. The zero-order valence-corrected chi connectivity index (χ0v) is 12.5. The number of hydrogen-bond acceptors (Lipinski definition) is 5. The SMILES string of the molecule is Oc1[nH]c2ccccc2c1N=Nc1nnc(Cl)c2ccccc12. The van der Waals surface area contributed by atoms with Crippen LogP contribution in [0, 0.1) is 0 Å². The highest BCUT2D eigenvalue weighted by atomic mass is 35.5. The van der Waals surface area contributed by atoms with E-state index in [0.717, 1.165) is 21.7 Å². The number of halogens is 1. The second-order valence-electron chi connectivity index (χ2n) is 4.93. The van der Waals surface area contributed by atoms with Gasteiger partial charge < -0.3 is 10.1 Å². The third-order valence-electron chi connectivity index (χ3n) is 3.53. The molecule has 7 heteroatoms. The third-order valence-corrected chi connectivity index (χ3v) is 3.81. The fraction of sp³-hybridized carbons (Fsp3) is 0. The van der Waals surface area contributed by atoms with E-state index in [-0.39, 0.29) is 5.88 Å². The van der Waals surface area contributed by atoms with Crippen molar-refractivity contribution in [2.75, 3.05) is 0 Å². The second kappa shape index (κ2) is 5.33. The van der Waals surface area contributed by atoms with Gasteiger partial charge in [0.05, 0.1) is 5.52 Å². The van der Waals surface area contributed by atoms with Gasteiger partial charge in [0.25, 0.3) is 0 Å². The summed E-state index contributed by atoms with van der Waals surface area (Å²) in [7, 11) is 0. The summed E-state index contributed by atoms with van der Waals surface area (Å²) in [6, 6.07) is 14.9. The van der Waals surface area contributed by atoms with Gasteiger partial charge in [-0.15, -0.1) is 20.4 Å². The Morgan fingerprint density at radius 3 is 2.39 bits per heavy atom. The predicted octanol–water partition coefficient (Wildman–Crippen LogP) is 4.89. The normalized spacial score (nSPS) is 11.7. The molecule has 0 bridgehead atoms. The van der Waals surface area contributed by atoms with Crippen LogP contribution in [0.4, 0.5) is 11.5 Å². The highest BCUT2D eigenvalue weighted by Gasteiger charge is 2.11. The third kappa shape index (κ3) is 2.29. The van der Waals surface area contributed by atoms with E-state index in [2.05, 4.69) is 25.4 Å². The molecule has 2 heterocycles. The minimum atomic E-state index is -0.0406. The number of hydrogen-bond donors (Lipinski definition) is 2. The molecule has 112 valence electrons. The highest BCUT2D eigenvalue weighted by molar-refractivity contribution is 6.34. The Kier molecular flexibility index (Phi) is 3.17. The van der Waals surface area contributed by atoms with Gasteiger partial charge in [-0.2, -0.15) is 0 Å².